The SMILES string of the molecule is CCCCCC[C@H]1CC#C[C@H](c2ccccc2CCC(C)C)c2cc(O)c(OC)cc2CCC(=O)CC1=O. The third-order valence-electron chi connectivity index (χ3n) is 7.61. The van der Waals surface area contributed by atoms with Crippen LogP contribution < -0.4 is 4.74 Å². The molecule has 0 aromatic heterocycles. The first-order chi connectivity index (χ1) is 18.3. The summed E-state index contributed by atoms with van der Waals surface area (Å²) in [6.07, 6.45) is 8.38. The van der Waals surface area contributed by atoms with Gasteiger partial charge in [-0.15, -0.1) is 5.92 Å². The van der Waals surface area contributed by atoms with Crippen LogP contribution in [0.25, 0.3) is 0 Å². The zero-order valence-electron chi connectivity index (χ0n) is 23.6. The van der Waals surface area contributed by atoms with Gasteiger partial charge in [0.05, 0.1) is 19.4 Å². The molecule has 0 amide bonds. The molecule has 204 valence electrons. The maximum Gasteiger partial charge on any atom is 0.160 e. The first-order valence-electron chi connectivity index (χ1n) is 14.3. The molecule has 0 heterocycles. The van der Waals surface area contributed by atoms with Crippen LogP contribution in [0, 0.1) is 23.7 Å². The molecule has 3 rings (SSSR count). The quantitative estimate of drug-likeness (QED) is 0.201. The van der Waals surface area contributed by atoms with E-state index in [1.165, 1.54) is 12.7 Å². The number of carbonyl (C=O) groups excluding carboxylic acids is 2. The number of rotatable bonds is 10. The van der Waals surface area contributed by atoms with Gasteiger partial charge in [-0.25, -0.2) is 0 Å². The predicted octanol–water partition coefficient (Wildman–Crippen LogP) is 7.58. The van der Waals surface area contributed by atoms with Crippen molar-refractivity contribution in [2.45, 2.75) is 97.3 Å². The molecule has 2 atom stereocenters. The lowest BCUT2D eigenvalue weighted by atomic mass is 9.82. The van der Waals surface area contributed by atoms with Gasteiger partial charge in [-0.1, -0.05) is 76.6 Å². The van der Waals surface area contributed by atoms with Crippen molar-refractivity contribution < 1.29 is 19.4 Å². The van der Waals surface area contributed by atoms with E-state index in [2.05, 4.69) is 50.8 Å². The van der Waals surface area contributed by atoms with Gasteiger partial charge in [0.15, 0.2) is 11.5 Å². The molecule has 1 aliphatic carbocycles. The first kappa shape index (κ1) is 29.5. The largest absolute Gasteiger partial charge is 0.504 e. The normalized spacial score (nSPS) is 18.2. The van der Waals surface area contributed by atoms with E-state index in [0.717, 1.165) is 61.6 Å². The molecule has 0 aliphatic heterocycles. The van der Waals surface area contributed by atoms with Crippen LogP contribution in [0.1, 0.15) is 107 Å². The number of unbranched alkanes of at least 4 members (excludes halogenated alkanes) is 3. The summed E-state index contributed by atoms with van der Waals surface area (Å²) in [6, 6.07) is 12.0. The molecule has 0 unspecified atom stereocenters. The fourth-order valence-corrected chi connectivity index (χ4v) is 5.27. The average Bonchev–Trinajstić information content (AvgIpc) is 2.90. The van der Waals surface area contributed by atoms with Crippen molar-refractivity contribution in [2.24, 2.45) is 11.8 Å². The second-order valence-corrected chi connectivity index (χ2v) is 11.0. The van der Waals surface area contributed by atoms with Crippen LogP contribution in [0.3, 0.4) is 0 Å². The van der Waals surface area contributed by atoms with Gasteiger partial charge in [-0.3, -0.25) is 9.59 Å². The average molecular weight is 517 g/mol. The number of phenolic OH excluding ortho intramolecular Hbond substituents is 1. The summed E-state index contributed by atoms with van der Waals surface area (Å²) in [5, 5.41) is 10.8. The molecule has 4 heteroatoms. The highest BCUT2D eigenvalue weighted by molar-refractivity contribution is 6.00. The van der Waals surface area contributed by atoms with E-state index in [-0.39, 0.29) is 42.0 Å². The number of carbonyl (C=O) groups is 2. The van der Waals surface area contributed by atoms with Gasteiger partial charge in [0.2, 0.25) is 0 Å². The Kier molecular flexibility index (Phi) is 11.5. The van der Waals surface area contributed by atoms with Crippen molar-refractivity contribution in [3.05, 3.63) is 58.7 Å². The monoisotopic (exact) mass is 516 g/mol. The molecule has 1 N–H and O–H groups in total. The number of ketones is 2. The van der Waals surface area contributed by atoms with Crippen LogP contribution in [0.4, 0.5) is 0 Å². The van der Waals surface area contributed by atoms with E-state index in [1.807, 2.05) is 12.1 Å². The zero-order chi connectivity index (χ0) is 27.5. The number of Topliss-reactive ketones (excluding diaryl/α,β-unsaturated/α-hetero) is 2. The fourth-order valence-electron chi connectivity index (χ4n) is 5.27. The number of ether oxygens (including phenoxy) is 1. The first-order valence-corrected chi connectivity index (χ1v) is 14.3. The van der Waals surface area contributed by atoms with Crippen LogP contribution in [0.15, 0.2) is 36.4 Å². The Morgan fingerprint density at radius 1 is 1.05 bits per heavy atom. The highest BCUT2D eigenvalue weighted by Crippen LogP contribution is 2.38. The Morgan fingerprint density at radius 2 is 1.84 bits per heavy atom. The van der Waals surface area contributed by atoms with Gasteiger partial charge in [0, 0.05) is 18.8 Å². The summed E-state index contributed by atoms with van der Waals surface area (Å²) in [4.78, 5) is 26.0. The molecule has 0 fully saturated rings. The Bertz CT molecular complexity index is 1150. The van der Waals surface area contributed by atoms with Gasteiger partial charge >= 0.3 is 0 Å². The summed E-state index contributed by atoms with van der Waals surface area (Å²) >= 11 is 0. The Hall–Kier alpha value is -3.06. The minimum absolute atomic E-state index is 0.0217. The number of aryl methyl sites for hydroxylation is 2. The van der Waals surface area contributed by atoms with E-state index in [0.29, 0.717) is 24.5 Å². The van der Waals surface area contributed by atoms with Crippen LogP contribution in [-0.2, 0) is 22.4 Å². The number of methoxy groups -OCH3 is 1. The maximum absolute atomic E-state index is 13.1. The van der Waals surface area contributed by atoms with Gasteiger partial charge in [-0.05, 0) is 66.0 Å². The summed E-state index contributed by atoms with van der Waals surface area (Å²) in [5.41, 5.74) is 4.21. The lowest BCUT2D eigenvalue weighted by molar-refractivity contribution is -0.129. The predicted molar refractivity (Wildman–Crippen MR) is 154 cm³/mol. The summed E-state index contributed by atoms with van der Waals surface area (Å²) < 4.78 is 5.40. The third kappa shape index (κ3) is 8.22. The number of aromatic hydroxyl groups is 1. The summed E-state index contributed by atoms with van der Waals surface area (Å²) in [5.74, 6) is 7.45. The van der Waals surface area contributed by atoms with E-state index >= 15 is 0 Å². The molecular formula is C34H44O4. The number of phenols is 1. The standard InChI is InChI=1S/C34H44O4/c1-5-6-7-8-13-26-14-11-16-30(29-15-10-9-12-25(29)18-17-24(2)3)31-23-33(37)34(38-4)21-27(31)19-20-28(35)22-32(26)36/h9-10,12,15,21,23-24,26,30,37H,5-8,13-14,17-20,22H2,1-4H3/t26-,30+/m0/s1. The van der Waals surface area contributed by atoms with E-state index in [1.54, 1.807) is 6.07 Å². The van der Waals surface area contributed by atoms with Gasteiger partial charge in [0.1, 0.15) is 11.6 Å². The fraction of sp³-hybridized carbons (Fsp3) is 0.529. The topological polar surface area (TPSA) is 63.6 Å². The number of hydrogen-bond donors (Lipinski definition) is 1. The molecule has 38 heavy (non-hydrogen) atoms. The molecule has 1 aliphatic rings. The molecule has 2 aromatic rings. The van der Waals surface area contributed by atoms with Crippen molar-refractivity contribution in [1.29, 1.82) is 0 Å². The molecule has 0 spiro atoms. The molecule has 0 bridgehead atoms. The Morgan fingerprint density at radius 3 is 2.58 bits per heavy atom. The van der Waals surface area contributed by atoms with Crippen molar-refractivity contribution in [1.82, 2.24) is 0 Å². The highest BCUT2D eigenvalue weighted by Gasteiger charge is 2.25. The van der Waals surface area contributed by atoms with Crippen LogP contribution >= 0.6 is 0 Å². The summed E-state index contributed by atoms with van der Waals surface area (Å²) in [6.45, 7) is 6.63. The van der Waals surface area contributed by atoms with Gasteiger partial charge < -0.3 is 9.84 Å². The smallest absolute Gasteiger partial charge is 0.160 e. The molecular weight excluding hydrogens is 472 g/mol. The van der Waals surface area contributed by atoms with Crippen molar-refractivity contribution in [2.75, 3.05) is 7.11 Å². The van der Waals surface area contributed by atoms with Crippen LogP contribution in [0.2, 0.25) is 0 Å². The molecule has 2 aromatic carbocycles. The second-order valence-electron chi connectivity index (χ2n) is 11.0. The lowest BCUT2D eigenvalue weighted by Crippen LogP contribution is -2.19. The van der Waals surface area contributed by atoms with E-state index < -0.39 is 0 Å². The van der Waals surface area contributed by atoms with E-state index in [9.17, 15) is 14.7 Å². The van der Waals surface area contributed by atoms with E-state index in [4.69, 9.17) is 4.74 Å². The number of fused-ring (bicyclic) bond motifs is 1. The zero-order valence-corrected chi connectivity index (χ0v) is 23.6. The van der Waals surface area contributed by atoms with Crippen molar-refractivity contribution >= 4 is 11.6 Å². The van der Waals surface area contributed by atoms with Crippen molar-refractivity contribution in [3.8, 4) is 23.3 Å². The third-order valence-corrected chi connectivity index (χ3v) is 7.61. The Balaban J connectivity index is 2.09. The van der Waals surface area contributed by atoms with Crippen molar-refractivity contribution in [3.63, 3.8) is 0 Å². The molecule has 0 radical (unpaired) electrons. The maximum atomic E-state index is 13.1. The second kappa shape index (κ2) is 14.8. The van der Waals surface area contributed by atoms with Gasteiger partial charge in [0.25, 0.3) is 0 Å². The van der Waals surface area contributed by atoms with Gasteiger partial charge in [-0.2, -0.15) is 0 Å². The summed E-state index contributed by atoms with van der Waals surface area (Å²) in [7, 11) is 1.53. The highest BCUT2D eigenvalue weighted by atomic mass is 16.5. The number of benzene rings is 2. The lowest BCUT2D eigenvalue weighted by Gasteiger charge is -2.22. The van der Waals surface area contributed by atoms with Crippen LogP contribution in [0.5, 0.6) is 11.5 Å². The minimum atomic E-state index is -0.268. The minimum Gasteiger partial charge on any atom is -0.504 e. The molecule has 0 saturated carbocycles. The van der Waals surface area contributed by atoms with Crippen LogP contribution in [-0.4, -0.2) is 23.8 Å². The molecule has 4 nitrogen and oxygen atoms in total. The Labute approximate surface area is 229 Å². The number of hydrogen-bond acceptors (Lipinski definition) is 4. The molecule has 0 saturated heterocycles.